The van der Waals surface area contributed by atoms with Gasteiger partial charge in [-0.3, -0.25) is 4.90 Å². The van der Waals surface area contributed by atoms with Crippen molar-refractivity contribution in [1.29, 1.82) is 0 Å². The van der Waals surface area contributed by atoms with Gasteiger partial charge in [-0.15, -0.1) is 0 Å². The highest BCUT2D eigenvalue weighted by molar-refractivity contribution is 5.81. The average Bonchev–Trinajstić information content (AvgIpc) is 2.35. The van der Waals surface area contributed by atoms with Crippen molar-refractivity contribution in [1.82, 2.24) is 9.88 Å². The van der Waals surface area contributed by atoms with Crippen LogP contribution in [0.5, 0.6) is 0 Å². The SMILES string of the molecule is CNc1nc2ccccc2cc1CN(C)CC(F)(F)F. The lowest BCUT2D eigenvalue weighted by Gasteiger charge is -2.20. The Balaban J connectivity index is 2.28. The van der Waals surface area contributed by atoms with Gasteiger partial charge in [-0.1, -0.05) is 18.2 Å². The summed E-state index contributed by atoms with van der Waals surface area (Å²) in [5.41, 5.74) is 1.57. The van der Waals surface area contributed by atoms with Crippen LogP contribution in [0.3, 0.4) is 0 Å². The molecule has 1 aromatic heterocycles. The molecule has 0 spiro atoms. The van der Waals surface area contributed by atoms with Gasteiger partial charge in [-0.2, -0.15) is 13.2 Å². The van der Waals surface area contributed by atoms with Crippen LogP contribution >= 0.6 is 0 Å². The molecule has 0 saturated carbocycles. The average molecular weight is 283 g/mol. The third-order valence-electron chi connectivity index (χ3n) is 2.93. The second kappa shape index (κ2) is 5.66. The van der Waals surface area contributed by atoms with Crippen molar-refractivity contribution >= 4 is 16.7 Å². The molecule has 20 heavy (non-hydrogen) atoms. The number of rotatable bonds is 4. The smallest absolute Gasteiger partial charge is 0.373 e. The maximum Gasteiger partial charge on any atom is 0.401 e. The summed E-state index contributed by atoms with van der Waals surface area (Å²) in [6, 6.07) is 9.41. The zero-order chi connectivity index (χ0) is 14.8. The number of hydrogen-bond acceptors (Lipinski definition) is 3. The first-order valence-corrected chi connectivity index (χ1v) is 6.21. The molecule has 0 saturated heterocycles. The van der Waals surface area contributed by atoms with Gasteiger partial charge in [0.15, 0.2) is 0 Å². The topological polar surface area (TPSA) is 28.2 Å². The largest absolute Gasteiger partial charge is 0.401 e. The third kappa shape index (κ3) is 3.60. The Bertz CT molecular complexity index is 596. The summed E-state index contributed by atoms with van der Waals surface area (Å²) in [6.45, 7) is -0.753. The van der Waals surface area contributed by atoms with E-state index >= 15 is 0 Å². The molecule has 3 nitrogen and oxygen atoms in total. The van der Waals surface area contributed by atoms with E-state index in [2.05, 4.69) is 10.3 Å². The van der Waals surface area contributed by atoms with Gasteiger partial charge in [-0.25, -0.2) is 4.98 Å². The molecular weight excluding hydrogens is 267 g/mol. The molecule has 0 bridgehead atoms. The Morgan fingerprint density at radius 3 is 2.60 bits per heavy atom. The van der Waals surface area contributed by atoms with Gasteiger partial charge in [0.2, 0.25) is 0 Å². The zero-order valence-corrected chi connectivity index (χ0v) is 11.3. The predicted octanol–water partition coefficient (Wildman–Crippen LogP) is 3.27. The second-order valence-electron chi connectivity index (χ2n) is 4.73. The summed E-state index contributed by atoms with van der Waals surface area (Å²) >= 11 is 0. The first-order valence-electron chi connectivity index (χ1n) is 6.21. The van der Waals surface area contributed by atoms with Crippen LogP contribution in [0.15, 0.2) is 30.3 Å². The van der Waals surface area contributed by atoms with Crippen LogP contribution in [0.2, 0.25) is 0 Å². The minimum absolute atomic E-state index is 0.188. The van der Waals surface area contributed by atoms with Crippen molar-refractivity contribution in [3.05, 3.63) is 35.9 Å². The molecule has 0 aliphatic carbocycles. The number of alkyl halides is 3. The Kier molecular flexibility index (Phi) is 4.13. The Labute approximate surface area is 115 Å². The van der Waals surface area contributed by atoms with Crippen LogP contribution in [-0.4, -0.2) is 36.7 Å². The fourth-order valence-electron chi connectivity index (χ4n) is 2.15. The van der Waals surface area contributed by atoms with E-state index < -0.39 is 12.7 Å². The van der Waals surface area contributed by atoms with Crippen molar-refractivity contribution < 1.29 is 13.2 Å². The number of benzene rings is 1. The van der Waals surface area contributed by atoms with Gasteiger partial charge in [0.1, 0.15) is 5.82 Å². The minimum atomic E-state index is -4.20. The number of aromatic nitrogens is 1. The summed E-state index contributed by atoms with van der Waals surface area (Å²) in [6.07, 6.45) is -4.20. The van der Waals surface area contributed by atoms with Gasteiger partial charge in [0, 0.05) is 24.5 Å². The molecule has 108 valence electrons. The van der Waals surface area contributed by atoms with Gasteiger partial charge >= 0.3 is 6.18 Å². The fourth-order valence-corrected chi connectivity index (χ4v) is 2.15. The number of anilines is 1. The lowest BCUT2D eigenvalue weighted by atomic mass is 10.1. The molecule has 0 amide bonds. The van der Waals surface area contributed by atoms with Gasteiger partial charge in [-0.05, 0) is 19.2 Å². The van der Waals surface area contributed by atoms with Gasteiger partial charge < -0.3 is 5.32 Å². The molecule has 0 unspecified atom stereocenters. The van der Waals surface area contributed by atoms with E-state index in [1.165, 1.54) is 11.9 Å². The maximum atomic E-state index is 12.4. The van der Waals surface area contributed by atoms with Crippen molar-refractivity contribution in [3.8, 4) is 0 Å². The molecule has 0 atom stereocenters. The van der Waals surface area contributed by atoms with Crippen LogP contribution in [0.1, 0.15) is 5.56 Å². The first-order chi connectivity index (χ1) is 9.39. The Hall–Kier alpha value is -1.82. The third-order valence-corrected chi connectivity index (χ3v) is 2.93. The highest BCUT2D eigenvalue weighted by atomic mass is 19.4. The lowest BCUT2D eigenvalue weighted by molar-refractivity contribution is -0.144. The quantitative estimate of drug-likeness (QED) is 0.933. The van der Waals surface area contributed by atoms with Crippen molar-refractivity contribution in [2.24, 2.45) is 0 Å². The zero-order valence-electron chi connectivity index (χ0n) is 11.3. The van der Waals surface area contributed by atoms with Gasteiger partial charge in [0.05, 0.1) is 12.1 Å². The second-order valence-corrected chi connectivity index (χ2v) is 4.73. The minimum Gasteiger partial charge on any atom is -0.373 e. The van der Waals surface area contributed by atoms with E-state index in [1.807, 2.05) is 30.3 Å². The van der Waals surface area contributed by atoms with Crippen molar-refractivity contribution in [2.45, 2.75) is 12.7 Å². The maximum absolute atomic E-state index is 12.4. The molecule has 0 aliphatic rings. The summed E-state index contributed by atoms with van der Waals surface area (Å²) in [5.74, 6) is 0.609. The van der Waals surface area contributed by atoms with E-state index in [0.717, 1.165) is 16.5 Å². The van der Waals surface area contributed by atoms with Crippen LogP contribution in [-0.2, 0) is 6.54 Å². The number of pyridine rings is 1. The standard InChI is InChI=1S/C14H16F3N3/c1-18-13-11(8-20(2)9-14(15,16)17)7-10-5-3-4-6-12(10)19-13/h3-7H,8-9H2,1-2H3,(H,18,19). The summed E-state index contributed by atoms with van der Waals surface area (Å²) in [7, 11) is 3.16. The van der Waals surface area contributed by atoms with E-state index in [-0.39, 0.29) is 6.54 Å². The monoisotopic (exact) mass is 283 g/mol. The number of hydrogen-bond donors (Lipinski definition) is 1. The van der Waals surface area contributed by atoms with Gasteiger partial charge in [0.25, 0.3) is 0 Å². The lowest BCUT2D eigenvalue weighted by Crippen LogP contribution is -2.30. The number of nitrogens with zero attached hydrogens (tertiary/aromatic N) is 2. The molecule has 0 fully saturated rings. The summed E-state index contributed by atoms with van der Waals surface area (Å²) < 4.78 is 37.1. The number of nitrogens with one attached hydrogen (secondary N) is 1. The van der Waals surface area contributed by atoms with Crippen molar-refractivity contribution in [2.75, 3.05) is 26.0 Å². The number of fused-ring (bicyclic) bond motifs is 1. The van der Waals surface area contributed by atoms with Crippen LogP contribution in [0.4, 0.5) is 19.0 Å². The molecule has 2 rings (SSSR count). The summed E-state index contributed by atoms with van der Waals surface area (Å²) in [5, 5.41) is 3.86. The predicted molar refractivity (Wildman–Crippen MR) is 73.7 cm³/mol. The highest BCUT2D eigenvalue weighted by Crippen LogP contribution is 2.23. The molecule has 1 aromatic carbocycles. The normalized spacial score (nSPS) is 12.1. The molecule has 2 aromatic rings. The number of para-hydroxylation sites is 1. The highest BCUT2D eigenvalue weighted by Gasteiger charge is 2.29. The molecule has 6 heteroatoms. The number of halogens is 3. The van der Waals surface area contributed by atoms with Crippen LogP contribution < -0.4 is 5.32 Å². The first kappa shape index (κ1) is 14.6. The molecule has 1 N–H and O–H groups in total. The Morgan fingerprint density at radius 1 is 1.25 bits per heavy atom. The molecular formula is C14H16F3N3. The van der Waals surface area contributed by atoms with E-state index in [9.17, 15) is 13.2 Å². The summed E-state index contributed by atoms with van der Waals surface area (Å²) in [4.78, 5) is 5.65. The van der Waals surface area contributed by atoms with Crippen LogP contribution in [0, 0.1) is 0 Å². The molecule has 1 heterocycles. The van der Waals surface area contributed by atoms with E-state index in [0.29, 0.717) is 5.82 Å². The van der Waals surface area contributed by atoms with Crippen LogP contribution in [0.25, 0.3) is 10.9 Å². The Morgan fingerprint density at radius 2 is 1.95 bits per heavy atom. The van der Waals surface area contributed by atoms with E-state index in [1.54, 1.807) is 7.05 Å². The molecule has 0 radical (unpaired) electrons. The van der Waals surface area contributed by atoms with E-state index in [4.69, 9.17) is 0 Å². The fraction of sp³-hybridized carbons (Fsp3) is 0.357. The molecule has 0 aliphatic heterocycles. The van der Waals surface area contributed by atoms with Crippen molar-refractivity contribution in [3.63, 3.8) is 0 Å².